The van der Waals surface area contributed by atoms with E-state index >= 15 is 0 Å². The van der Waals surface area contributed by atoms with Gasteiger partial charge in [0.15, 0.2) is 0 Å². The van der Waals surface area contributed by atoms with Crippen LogP contribution in [-0.2, 0) is 19.0 Å². The average Bonchev–Trinajstić information content (AvgIpc) is 2.94. The molecule has 2 rings (SSSR count). The Balaban J connectivity index is 1.72. The van der Waals surface area contributed by atoms with Gasteiger partial charge in [-0.3, -0.25) is 0 Å². The molecule has 2 aromatic carbocycles. The molecule has 0 amide bonds. The second-order valence-electron chi connectivity index (χ2n) is 10.4. The van der Waals surface area contributed by atoms with Crippen LogP contribution in [-0.4, -0.2) is 37.9 Å². The molecular formula is C33H44O7. The van der Waals surface area contributed by atoms with Crippen molar-refractivity contribution in [1.82, 2.24) is 0 Å². The molecule has 1 atom stereocenters. The number of benzene rings is 2. The van der Waals surface area contributed by atoms with Crippen molar-refractivity contribution in [2.45, 2.75) is 72.6 Å². The predicted molar refractivity (Wildman–Crippen MR) is 156 cm³/mol. The zero-order chi connectivity index (χ0) is 29.3. The SMILES string of the molecule is C=C(C)C(=O)OCCCCCCOC(=O)Oc1ccc(-c2ccc(C(=O)OCC(CCCC)C(C)C)cc2)cc1. The fourth-order valence-electron chi connectivity index (χ4n) is 3.98. The Bertz CT molecular complexity index is 1070. The molecule has 7 heteroatoms. The lowest BCUT2D eigenvalue weighted by Gasteiger charge is -2.20. The van der Waals surface area contributed by atoms with Gasteiger partial charge in [0.2, 0.25) is 0 Å². The summed E-state index contributed by atoms with van der Waals surface area (Å²) in [6.07, 6.45) is 5.75. The van der Waals surface area contributed by atoms with Crippen LogP contribution in [0.1, 0.15) is 83.0 Å². The Hall–Kier alpha value is -3.61. The molecule has 0 N–H and O–H groups in total. The number of carbonyl (C=O) groups is 3. The molecule has 7 nitrogen and oxygen atoms in total. The summed E-state index contributed by atoms with van der Waals surface area (Å²) in [6.45, 7) is 12.7. The Kier molecular flexibility index (Phi) is 14.6. The number of rotatable bonds is 17. The molecule has 218 valence electrons. The van der Waals surface area contributed by atoms with Crippen molar-refractivity contribution in [3.8, 4) is 16.9 Å². The number of esters is 2. The number of hydrogen-bond donors (Lipinski definition) is 0. The first-order valence-corrected chi connectivity index (χ1v) is 14.3. The molecule has 0 saturated carbocycles. The minimum absolute atomic E-state index is 0.258. The first-order chi connectivity index (χ1) is 19.2. The van der Waals surface area contributed by atoms with E-state index in [1.54, 1.807) is 31.2 Å². The number of ether oxygens (including phenoxy) is 4. The van der Waals surface area contributed by atoms with Gasteiger partial charge < -0.3 is 18.9 Å². The third-order valence-electron chi connectivity index (χ3n) is 6.65. The van der Waals surface area contributed by atoms with Crippen molar-refractivity contribution in [2.75, 3.05) is 19.8 Å². The average molecular weight is 553 g/mol. The Labute approximate surface area is 238 Å². The van der Waals surface area contributed by atoms with Crippen LogP contribution in [0.25, 0.3) is 11.1 Å². The van der Waals surface area contributed by atoms with Crippen LogP contribution in [0.5, 0.6) is 5.75 Å². The van der Waals surface area contributed by atoms with Crippen LogP contribution in [0.15, 0.2) is 60.7 Å². The molecule has 0 heterocycles. The summed E-state index contributed by atoms with van der Waals surface area (Å²) < 4.78 is 21.0. The normalized spacial score (nSPS) is 11.5. The van der Waals surface area contributed by atoms with E-state index in [1.807, 2.05) is 24.3 Å². The summed E-state index contributed by atoms with van der Waals surface area (Å²) in [4.78, 5) is 35.8. The van der Waals surface area contributed by atoms with Crippen molar-refractivity contribution < 1.29 is 33.3 Å². The smallest absolute Gasteiger partial charge is 0.462 e. The van der Waals surface area contributed by atoms with E-state index in [-0.39, 0.29) is 18.5 Å². The summed E-state index contributed by atoms with van der Waals surface area (Å²) in [5, 5.41) is 0. The van der Waals surface area contributed by atoms with Crippen LogP contribution < -0.4 is 4.74 Å². The Morgan fingerprint density at radius 3 is 1.90 bits per heavy atom. The van der Waals surface area contributed by atoms with Gasteiger partial charge in [-0.15, -0.1) is 0 Å². The van der Waals surface area contributed by atoms with Gasteiger partial charge in [0, 0.05) is 5.57 Å². The molecule has 0 aliphatic rings. The highest BCUT2D eigenvalue weighted by Crippen LogP contribution is 2.24. The Morgan fingerprint density at radius 2 is 1.35 bits per heavy atom. The summed E-state index contributed by atoms with van der Waals surface area (Å²) >= 11 is 0. The molecule has 0 saturated heterocycles. The number of hydrogen-bond acceptors (Lipinski definition) is 7. The molecule has 0 aliphatic heterocycles. The number of unbranched alkanes of at least 4 members (excludes halogenated alkanes) is 4. The first kappa shape index (κ1) is 32.6. The van der Waals surface area contributed by atoms with E-state index in [2.05, 4.69) is 27.4 Å². The van der Waals surface area contributed by atoms with Gasteiger partial charge in [0.25, 0.3) is 0 Å². The summed E-state index contributed by atoms with van der Waals surface area (Å²) in [5.74, 6) is 0.550. The van der Waals surface area contributed by atoms with Gasteiger partial charge in [-0.25, -0.2) is 14.4 Å². The minimum Gasteiger partial charge on any atom is -0.462 e. The van der Waals surface area contributed by atoms with Crippen LogP contribution in [0.2, 0.25) is 0 Å². The van der Waals surface area contributed by atoms with Crippen molar-refractivity contribution in [2.24, 2.45) is 11.8 Å². The Morgan fingerprint density at radius 1 is 0.775 bits per heavy atom. The van der Waals surface area contributed by atoms with Crippen LogP contribution in [0, 0.1) is 11.8 Å². The highest BCUT2D eigenvalue weighted by Gasteiger charge is 2.16. The monoisotopic (exact) mass is 552 g/mol. The van der Waals surface area contributed by atoms with E-state index in [0.717, 1.165) is 49.7 Å². The van der Waals surface area contributed by atoms with E-state index < -0.39 is 6.16 Å². The lowest BCUT2D eigenvalue weighted by Crippen LogP contribution is -2.19. The lowest BCUT2D eigenvalue weighted by atomic mass is 9.91. The van der Waals surface area contributed by atoms with E-state index in [9.17, 15) is 14.4 Å². The second kappa shape index (κ2) is 17.9. The molecule has 40 heavy (non-hydrogen) atoms. The molecule has 2 aromatic rings. The maximum Gasteiger partial charge on any atom is 0.513 e. The molecule has 0 spiro atoms. The maximum absolute atomic E-state index is 12.5. The van der Waals surface area contributed by atoms with Crippen molar-refractivity contribution in [1.29, 1.82) is 0 Å². The van der Waals surface area contributed by atoms with E-state index in [4.69, 9.17) is 18.9 Å². The summed E-state index contributed by atoms with van der Waals surface area (Å²) in [6, 6.07) is 14.4. The van der Waals surface area contributed by atoms with Gasteiger partial charge in [-0.1, -0.05) is 64.5 Å². The van der Waals surface area contributed by atoms with Gasteiger partial charge in [0.1, 0.15) is 5.75 Å². The summed E-state index contributed by atoms with van der Waals surface area (Å²) in [5.41, 5.74) is 2.77. The van der Waals surface area contributed by atoms with Gasteiger partial charge >= 0.3 is 18.1 Å². The van der Waals surface area contributed by atoms with Crippen molar-refractivity contribution in [3.05, 3.63) is 66.2 Å². The van der Waals surface area contributed by atoms with Gasteiger partial charge in [0.05, 0.1) is 25.4 Å². The van der Waals surface area contributed by atoms with Crippen LogP contribution in [0.4, 0.5) is 4.79 Å². The lowest BCUT2D eigenvalue weighted by molar-refractivity contribution is -0.139. The van der Waals surface area contributed by atoms with Gasteiger partial charge in [-0.05, 0) is 86.3 Å². The zero-order valence-electron chi connectivity index (χ0n) is 24.4. The van der Waals surface area contributed by atoms with Gasteiger partial charge in [-0.2, -0.15) is 0 Å². The topological polar surface area (TPSA) is 88.1 Å². The molecule has 1 unspecified atom stereocenters. The van der Waals surface area contributed by atoms with E-state index in [1.165, 1.54) is 0 Å². The fourth-order valence-corrected chi connectivity index (χ4v) is 3.98. The standard InChI is InChI=1S/C33H44O7/c1-6-7-12-29(24(2)3)23-39-32(35)28-15-13-26(14-16-28)27-17-19-30(20-18-27)40-33(36)38-22-11-9-8-10-21-37-31(34)25(4)5/h13-20,24,29H,4,6-12,21-23H2,1-3,5H3. The zero-order valence-corrected chi connectivity index (χ0v) is 24.4. The fraction of sp³-hybridized carbons (Fsp3) is 0.485. The highest BCUT2D eigenvalue weighted by atomic mass is 16.7. The second-order valence-corrected chi connectivity index (χ2v) is 10.4. The molecular weight excluding hydrogens is 508 g/mol. The maximum atomic E-state index is 12.5. The molecule has 0 bridgehead atoms. The largest absolute Gasteiger partial charge is 0.513 e. The third-order valence-corrected chi connectivity index (χ3v) is 6.65. The number of carbonyl (C=O) groups excluding carboxylic acids is 3. The molecule has 0 aromatic heterocycles. The van der Waals surface area contributed by atoms with Crippen molar-refractivity contribution >= 4 is 18.1 Å². The third kappa shape index (κ3) is 12.1. The first-order valence-electron chi connectivity index (χ1n) is 14.3. The van der Waals surface area contributed by atoms with E-state index in [0.29, 0.717) is 48.4 Å². The molecule has 0 aliphatic carbocycles. The highest BCUT2D eigenvalue weighted by molar-refractivity contribution is 5.90. The predicted octanol–water partition coefficient (Wildman–Crippen LogP) is 8.17. The van der Waals surface area contributed by atoms with Crippen LogP contribution in [0.3, 0.4) is 0 Å². The molecule has 0 fully saturated rings. The van der Waals surface area contributed by atoms with Crippen molar-refractivity contribution in [3.63, 3.8) is 0 Å². The van der Waals surface area contributed by atoms with Crippen LogP contribution >= 0.6 is 0 Å². The summed E-state index contributed by atoms with van der Waals surface area (Å²) in [7, 11) is 0. The quantitative estimate of drug-likeness (QED) is 0.0643. The molecule has 0 radical (unpaired) electrons. The minimum atomic E-state index is -0.750.